The lowest BCUT2D eigenvalue weighted by atomic mass is 10.1. The number of halogens is 4. The van der Waals surface area contributed by atoms with Gasteiger partial charge >= 0.3 is 6.18 Å². The zero-order valence-electron chi connectivity index (χ0n) is 7.64. The highest BCUT2D eigenvalue weighted by molar-refractivity contribution is 7.21. The smallest absolute Gasteiger partial charge is 0.297 e. The molecule has 0 saturated heterocycles. The van der Waals surface area contributed by atoms with Crippen molar-refractivity contribution in [3.05, 3.63) is 33.7 Å². The summed E-state index contributed by atoms with van der Waals surface area (Å²) in [4.78, 5) is 10.8. The number of rotatable bonds is 1. The van der Waals surface area contributed by atoms with Gasteiger partial charge in [0.1, 0.15) is 0 Å². The van der Waals surface area contributed by atoms with Gasteiger partial charge in [-0.3, -0.25) is 4.79 Å². The summed E-state index contributed by atoms with van der Waals surface area (Å²) < 4.78 is 38.2. The van der Waals surface area contributed by atoms with E-state index in [1.165, 1.54) is 12.1 Å². The number of fused-ring (bicyclic) bond motifs is 1. The second-order valence-electron chi connectivity index (χ2n) is 3.10. The van der Waals surface area contributed by atoms with Gasteiger partial charge in [0, 0.05) is 5.39 Å². The lowest BCUT2D eigenvalue weighted by Crippen LogP contribution is -2.04. The molecule has 0 unspecified atom stereocenters. The van der Waals surface area contributed by atoms with Crippen LogP contribution in [-0.4, -0.2) is 6.29 Å². The highest BCUT2D eigenvalue weighted by Gasteiger charge is 2.33. The number of benzene rings is 1. The first kappa shape index (κ1) is 11.4. The Bertz CT molecular complexity index is 559. The molecule has 0 aliphatic carbocycles. The number of alkyl halides is 3. The molecule has 2 rings (SSSR count). The maximum atomic E-state index is 12.6. The molecular weight excluding hydrogens is 261 g/mol. The van der Waals surface area contributed by atoms with Crippen molar-refractivity contribution < 1.29 is 18.0 Å². The van der Waals surface area contributed by atoms with Crippen LogP contribution in [0.5, 0.6) is 0 Å². The zero-order chi connectivity index (χ0) is 11.9. The number of hydrogen-bond acceptors (Lipinski definition) is 2. The zero-order valence-corrected chi connectivity index (χ0v) is 9.21. The van der Waals surface area contributed by atoms with Crippen LogP contribution in [0.15, 0.2) is 18.2 Å². The Morgan fingerprint density at radius 2 is 2.00 bits per heavy atom. The van der Waals surface area contributed by atoms with Crippen molar-refractivity contribution in [1.82, 2.24) is 0 Å². The van der Waals surface area contributed by atoms with Crippen molar-refractivity contribution in [3.8, 4) is 0 Å². The predicted molar refractivity (Wildman–Crippen MR) is 57.2 cm³/mol. The van der Waals surface area contributed by atoms with E-state index in [0.29, 0.717) is 11.0 Å². The lowest BCUT2D eigenvalue weighted by molar-refractivity contribution is -0.136. The average Bonchev–Trinajstić information content (AvgIpc) is 2.60. The predicted octanol–water partition coefficient (Wildman–Crippen LogP) is 4.39. The summed E-state index contributed by atoms with van der Waals surface area (Å²) >= 11 is 6.73. The highest BCUT2D eigenvalue weighted by Crippen LogP contribution is 2.40. The molecule has 0 aliphatic rings. The molecule has 0 radical (unpaired) electrons. The second-order valence-corrected chi connectivity index (χ2v) is 4.59. The maximum absolute atomic E-state index is 12.6. The van der Waals surface area contributed by atoms with Crippen LogP contribution >= 0.6 is 22.9 Å². The van der Waals surface area contributed by atoms with Crippen molar-refractivity contribution in [2.24, 2.45) is 0 Å². The van der Waals surface area contributed by atoms with E-state index in [1.54, 1.807) is 0 Å². The summed E-state index contributed by atoms with van der Waals surface area (Å²) in [5.74, 6) is 0. The van der Waals surface area contributed by atoms with Crippen LogP contribution in [-0.2, 0) is 6.18 Å². The molecule has 0 fully saturated rings. The lowest BCUT2D eigenvalue weighted by Gasteiger charge is -2.08. The van der Waals surface area contributed by atoms with E-state index in [4.69, 9.17) is 11.6 Å². The van der Waals surface area contributed by atoms with E-state index in [-0.39, 0.29) is 15.3 Å². The molecule has 1 heterocycles. The van der Waals surface area contributed by atoms with Gasteiger partial charge in [-0.15, -0.1) is 11.3 Å². The van der Waals surface area contributed by atoms with Crippen LogP contribution in [0.4, 0.5) is 13.2 Å². The fourth-order valence-corrected chi connectivity index (χ4v) is 2.60. The maximum Gasteiger partial charge on any atom is 0.417 e. The molecule has 1 aromatic carbocycles. The number of aldehydes is 1. The first-order valence-corrected chi connectivity index (χ1v) is 5.37. The molecule has 0 amide bonds. The van der Waals surface area contributed by atoms with Gasteiger partial charge in [-0.25, -0.2) is 0 Å². The minimum atomic E-state index is -4.44. The Hall–Kier alpha value is -1.07. The molecular formula is C10H4ClF3OS. The molecule has 0 aliphatic heterocycles. The Morgan fingerprint density at radius 3 is 2.56 bits per heavy atom. The van der Waals surface area contributed by atoms with Gasteiger partial charge in [-0.1, -0.05) is 11.6 Å². The first-order chi connectivity index (χ1) is 7.43. The molecule has 0 atom stereocenters. The summed E-state index contributed by atoms with van der Waals surface area (Å²) in [7, 11) is 0. The van der Waals surface area contributed by atoms with Crippen molar-refractivity contribution >= 4 is 39.3 Å². The molecule has 1 nitrogen and oxygen atoms in total. The Labute approximate surface area is 97.4 Å². The normalized spacial score (nSPS) is 12.0. The number of thiophene rings is 1. The largest absolute Gasteiger partial charge is 0.417 e. The fourth-order valence-electron chi connectivity index (χ4n) is 1.41. The molecule has 2 aromatic rings. The standard InChI is InChI=1S/C10H4ClF3OS/c11-8-2-1-7(10(12,13)14)6-3-5(4-15)16-9(6)8/h1-4H. The van der Waals surface area contributed by atoms with Crippen LogP contribution in [0.3, 0.4) is 0 Å². The van der Waals surface area contributed by atoms with Crippen molar-refractivity contribution in [2.75, 3.05) is 0 Å². The van der Waals surface area contributed by atoms with E-state index in [0.717, 1.165) is 17.4 Å². The van der Waals surface area contributed by atoms with Gasteiger partial charge in [-0.05, 0) is 18.2 Å². The minimum Gasteiger partial charge on any atom is -0.297 e. The topological polar surface area (TPSA) is 17.1 Å². The Balaban J connectivity index is 2.82. The minimum absolute atomic E-state index is 0.0212. The van der Waals surface area contributed by atoms with Gasteiger partial charge < -0.3 is 0 Å². The third kappa shape index (κ3) is 1.81. The fraction of sp³-hybridized carbons (Fsp3) is 0.100. The molecule has 1 aromatic heterocycles. The summed E-state index contributed by atoms with van der Waals surface area (Å²) in [6, 6.07) is 3.32. The van der Waals surface area contributed by atoms with E-state index in [2.05, 4.69) is 0 Å². The number of hydrogen-bond donors (Lipinski definition) is 0. The van der Waals surface area contributed by atoms with Crippen LogP contribution in [0.25, 0.3) is 10.1 Å². The SMILES string of the molecule is O=Cc1cc2c(C(F)(F)F)ccc(Cl)c2s1. The van der Waals surface area contributed by atoms with Gasteiger partial charge in [-0.2, -0.15) is 13.2 Å². The van der Waals surface area contributed by atoms with Crippen molar-refractivity contribution in [3.63, 3.8) is 0 Å². The molecule has 0 saturated carbocycles. The van der Waals surface area contributed by atoms with Gasteiger partial charge in [0.15, 0.2) is 6.29 Å². The summed E-state index contributed by atoms with van der Waals surface area (Å²) in [6.45, 7) is 0. The van der Waals surface area contributed by atoms with E-state index < -0.39 is 11.7 Å². The number of carbonyl (C=O) groups excluding carboxylic acids is 1. The van der Waals surface area contributed by atoms with Gasteiger partial charge in [0.25, 0.3) is 0 Å². The Kier molecular flexibility index (Phi) is 2.67. The van der Waals surface area contributed by atoms with Crippen LogP contribution in [0.2, 0.25) is 5.02 Å². The third-order valence-corrected chi connectivity index (χ3v) is 3.60. The van der Waals surface area contributed by atoms with Crippen molar-refractivity contribution in [1.29, 1.82) is 0 Å². The first-order valence-electron chi connectivity index (χ1n) is 4.18. The van der Waals surface area contributed by atoms with Crippen LogP contribution in [0.1, 0.15) is 15.2 Å². The highest BCUT2D eigenvalue weighted by atomic mass is 35.5. The average molecular weight is 265 g/mol. The molecule has 0 bridgehead atoms. The summed E-state index contributed by atoms with van der Waals surface area (Å²) in [6.07, 6.45) is -3.93. The summed E-state index contributed by atoms with van der Waals surface area (Å²) in [5.41, 5.74) is -0.767. The second kappa shape index (κ2) is 3.75. The van der Waals surface area contributed by atoms with E-state index in [1.807, 2.05) is 0 Å². The van der Waals surface area contributed by atoms with E-state index >= 15 is 0 Å². The van der Waals surface area contributed by atoms with Crippen LogP contribution < -0.4 is 0 Å². The molecule has 6 heteroatoms. The number of carbonyl (C=O) groups is 1. The van der Waals surface area contributed by atoms with E-state index in [9.17, 15) is 18.0 Å². The van der Waals surface area contributed by atoms with Crippen molar-refractivity contribution in [2.45, 2.75) is 6.18 Å². The molecule has 0 N–H and O–H groups in total. The summed E-state index contributed by atoms with van der Waals surface area (Å²) in [5, 5.41) is 0.202. The third-order valence-electron chi connectivity index (χ3n) is 2.08. The van der Waals surface area contributed by atoms with Gasteiger partial charge in [0.2, 0.25) is 0 Å². The molecule has 84 valence electrons. The molecule has 16 heavy (non-hydrogen) atoms. The molecule has 0 spiro atoms. The Morgan fingerprint density at radius 1 is 1.31 bits per heavy atom. The monoisotopic (exact) mass is 264 g/mol. The quantitative estimate of drug-likeness (QED) is 0.698. The van der Waals surface area contributed by atoms with Gasteiger partial charge in [0.05, 0.1) is 20.2 Å². The van der Waals surface area contributed by atoms with Crippen LogP contribution in [0, 0.1) is 0 Å².